The number of carbonyl (C=O) groups is 1. The summed E-state index contributed by atoms with van der Waals surface area (Å²) in [5, 5.41) is 11.3. The van der Waals surface area contributed by atoms with Crippen LogP contribution < -0.4 is 4.74 Å². The number of fused-ring (bicyclic) bond motifs is 1. The number of ether oxygens (including phenoxy) is 2. The number of H-pyrrole nitrogens is 1. The summed E-state index contributed by atoms with van der Waals surface area (Å²) < 4.78 is 12.8. The van der Waals surface area contributed by atoms with Crippen LogP contribution in [0.25, 0.3) is 17.2 Å². The summed E-state index contributed by atoms with van der Waals surface area (Å²) in [4.78, 5) is 20.8. The molecular formula is C21H22N6O3. The van der Waals surface area contributed by atoms with Gasteiger partial charge in [-0.1, -0.05) is 32.9 Å². The zero-order chi connectivity index (χ0) is 21.3. The van der Waals surface area contributed by atoms with E-state index in [0.717, 1.165) is 0 Å². The Kier molecular flexibility index (Phi) is 4.94. The summed E-state index contributed by atoms with van der Waals surface area (Å²) in [7, 11) is 0. The van der Waals surface area contributed by atoms with Crippen molar-refractivity contribution in [3.63, 3.8) is 0 Å². The molecule has 1 aromatic carbocycles. The van der Waals surface area contributed by atoms with E-state index in [9.17, 15) is 4.79 Å². The topological polar surface area (TPSA) is 107 Å². The van der Waals surface area contributed by atoms with E-state index < -0.39 is 5.97 Å². The second kappa shape index (κ2) is 7.58. The minimum absolute atomic E-state index is 0.0224. The van der Waals surface area contributed by atoms with E-state index in [1.54, 1.807) is 25.5 Å². The lowest BCUT2D eigenvalue weighted by Crippen LogP contribution is -2.10. The lowest BCUT2D eigenvalue weighted by molar-refractivity contribution is 0.0516. The molecule has 4 aromatic rings. The number of nitrogens with one attached hydrogen (secondary N) is 1. The number of hydrogen-bond donors (Lipinski definition) is 1. The molecule has 0 aliphatic heterocycles. The highest BCUT2D eigenvalue weighted by Crippen LogP contribution is 2.33. The minimum atomic E-state index is -0.547. The SMILES string of the molecule is CCOC(=O)c1[nH]n2c(-c3cnccn3)nnc2c1Oc1ccc(C(C)(C)C)cc1. The first-order chi connectivity index (χ1) is 14.4. The van der Waals surface area contributed by atoms with Gasteiger partial charge in [0, 0.05) is 12.4 Å². The Labute approximate surface area is 173 Å². The molecule has 1 N–H and O–H groups in total. The molecule has 154 valence electrons. The maximum absolute atomic E-state index is 12.5. The standard InChI is InChI=1S/C21H22N6O3/c1-5-29-20(28)16-17(30-14-8-6-13(7-9-14)21(2,3)4)19-25-24-18(27(19)26-16)15-12-22-10-11-23-15/h6-12,26H,5H2,1-4H3. The van der Waals surface area contributed by atoms with E-state index in [2.05, 4.69) is 46.0 Å². The fourth-order valence-corrected chi connectivity index (χ4v) is 2.97. The van der Waals surface area contributed by atoms with Gasteiger partial charge < -0.3 is 9.47 Å². The average molecular weight is 406 g/mol. The molecule has 0 spiro atoms. The number of benzene rings is 1. The molecule has 0 aliphatic carbocycles. The highest BCUT2D eigenvalue weighted by Gasteiger charge is 2.26. The van der Waals surface area contributed by atoms with Crippen molar-refractivity contribution in [1.29, 1.82) is 0 Å². The lowest BCUT2D eigenvalue weighted by Gasteiger charge is -2.19. The van der Waals surface area contributed by atoms with Crippen molar-refractivity contribution in [2.75, 3.05) is 6.61 Å². The molecule has 4 rings (SSSR count). The van der Waals surface area contributed by atoms with Crippen LogP contribution in [0.5, 0.6) is 11.5 Å². The molecule has 0 saturated heterocycles. The van der Waals surface area contributed by atoms with Crippen LogP contribution in [0.1, 0.15) is 43.7 Å². The van der Waals surface area contributed by atoms with Crippen molar-refractivity contribution in [1.82, 2.24) is 29.8 Å². The van der Waals surface area contributed by atoms with E-state index in [-0.39, 0.29) is 23.5 Å². The Bertz CT molecular complexity index is 1170. The third kappa shape index (κ3) is 3.61. The van der Waals surface area contributed by atoms with Gasteiger partial charge in [-0.2, -0.15) is 0 Å². The third-order valence-electron chi connectivity index (χ3n) is 4.53. The fourth-order valence-electron chi connectivity index (χ4n) is 2.97. The number of esters is 1. The van der Waals surface area contributed by atoms with Crippen LogP contribution >= 0.6 is 0 Å². The molecule has 3 aromatic heterocycles. The van der Waals surface area contributed by atoms with Crippen LogP contribution in [0.3, 0.4) is 0 Å². The van der Waals surface area contributed by atoms with E-state index in [0.29, 0.717) is 22.9 Å². The van der Waals surface area contributed by atoms with Gasteiger partial charge in [0.05, 0.1) is 12.8 Å². The molecule has 0 radical (unpaired) electrons. The van der Waals surface area contributed by atoms with Crippen LogP contribution in [0.15, 0.2) is 42.9 Å². The number of aromatic nitrogens is 6. The molecule has 0 amide bonds. The quantitative estimate of drug-likeness (QED) is 0.503. The molecular weight excluding hydrogens is 384 g/mol. The number of nitrogens with zero attached hydrogens (tertiary/aromatic N) is 5. The van der Waals surface area contributed by atoms with Gasteiger partial charge in [-0.05, 0) is 30.0 Å². The summed E-state index contributed by atoms with van der Waals surface area (Å²) in [5.41, 5.74) is 2.19. The molecule has 0 fully saturated rings. The molecule has 3 heterocycles. The highest BCUT2D eigenvalue weighted by molar-refractivity contribution is 5.93. The van der Waals surface area contributed by atoms with E-state index in [4.69, 9.17) is 9.47 Å². The Morgan fingerprint density at radius 3 is 2.53 bits per heavy atom. The van der Waals surface area contributed by atoms with Gasteiger partial charge >= 0.3 is 5.97 Å². The average Bonchev–Trinajstić information content (AvgIpc) is 3.29. The number of hydrogen-bond acceptors (Lipinski definition) is 7. The first-order valence-electron chi connectivity index (χ1n) is 9.57. The van der Waals surface area contributed by atoms with Crippen LogP contribution in [0.4, 0.5) is 0 Å². The molecule has 0 atom stereocenters. The smallest absolute Gasteiger partial charge is 0.360 e. The summed E-state index contributed by atoms with van der Waals surface area (Å²) in [6.45, 7) is 8.39. The predicted molar refractivity (Wildman–Crippen MR) is 110 cm³/mol. The first kappa shape index (κ1) is 19.6. The second-order valence-electron chi connectivity index (χ2n) is 7.69. The Hall–Kier alpha value is -3.75. The Morgan fingerprint density at radius 2 is 1.90 bits per heavy atom. The molecule has 30 heavy (non-hydrogen) atoms. The van der Waals surface area contributed by atoms with Crippen molar-refractivity contribution >= 4 is 11.6 Å². The van der Waals surface area contributed by atoms with Crippen molar-refractivity contribution in [2.24, 2.45) is 0 Å². The van der Waals surface area contributed by atoms with E-state index in [1.165, 1.54) is 10.1 Å². The Balaban J connectivity index is 1.78. The number of aromatic amines is 1. The predicted octanol–water partition coefficient (Wildman–Crippen LogP) is 3.78. The van der Waals surface area contributed by atoms with Gasteiger partial charge in [-0.3, -0.25) is 10.1 Å². The zero-order valence-corrected chi connectivity index (χ0v) is 17.2. The van der Waals surface area contributed by atoms with Gasteiger partial charge in [0.15, 0.2) is 5.69 Å². The van der Waals surface area contributed by atoms with Crippen molar-refractivity contribution in [2.45, 2.75) is 33.1 Å². The van der Waals surface area contributed by atoms with E-state index in [1.807, 2.05) is 24.3 Å². The fraction of sp³-hybridized carbons (Fsp3) is 0.286. The van der Waals surface area contributed by atoms with Crippen LogP contribution in [-0.4, -0.2) is 42.4 Å². The molecule has 9 heteroatoms. The monoisotopic (exact) mass is 406 g/mol. The van der Waals surface area contributed by atoms with Gasteiger partial charge in [0.2, 0.25) is 17.2 Å². The summed E-state index contributed by atoms with van der Waals surface area (Å²) in [6, 6.07) is 7.72. The van der Waals surface area contributed by atoms with Crippen molar-refractivity contribution in [3.8, 4) is 23.0 Å². The van der Waals surface area contributed by atoms with E-state index >= 15 is 0 Å². The maximum Gasteiger partial charge on any atom is 0.360 e. The summed E-state index contributed by atoms with van der Waals surface area (Å²) >= 11 is 0. The van der Waals surface area contributed by atoms with Crippen LogP contribution in [0.2, 0.25) is 0 Å². The van der Waals surface area contributed by atoms with Gasteiger partial charge in [0.25, 0.3) is 0 Å². The first-order valence-corrected chi connectivity index (χ1v) is 9.57. The van der Waals surface area contributed by atoms with Gasteiger partial charge in [-0.25, -0.2) is 14.3 Å². The third-order valence-corrected chi connectivity index (χ3v) is 4.53. The minimum Gasteiger partial charge on any atom is -0.461 e. The lowest BCUT2D eigenvalue weighted by atomic mass is 9.87. The zero-order valence-electron chi connectivity index (χ0n) is 17.2. The molecule has 9 nitrogen and oxygen atoms in total. The van der Waals surface area contributed by atoms with Gasteiger partial charge in [-0.15, -0.1) is 10.2 Å². The normalized spacial score (nSPS) is 11.6. The number of rotatable bonds is 5. The van der Waals surface area contributed by atoms with Crippen molar-refractivity contribution in [3.05, 3.63) is 54.1 Å². The maximum atomic E-state index is 12.5. The van der Waals surface area contributed by atoms with Gasteiger partial charge in [0.1, 0.15) is 11.4 Å². The molecule has 0 saturated carbocycles. The molecule has 0 bridgehead atoms. The number of carbonyl (C=O) groups excluding carboxylic acids is 1. The second-order valence-corrected chi connectivity index (χ2v) is 7.69. The van der Waals surface area contributed by atoms with Crippen LogP contribution in [-0.2, 0) is 10.2 Å². The largest absolute Gasteiger partial charge is 0.461 e. The Morgan fingerprint density at radius 1 is 1.13 bits per heavy atom. The van der Waals surface area contributed by atoms with Crippen molar-refractivity contribution < 1.29 is 14.3 Å². The summed E-state index contributed by atoms with van der Waals surface area (Å²) in [6.07, 6.45) is 4.68. The van der Waals surface area contributed by atoms with Crippen LogP contribution in [0, 0.1) is 0 Å². The summed E-state index contributed by atoms with van der Waals surface area (Å²) in [5.74, 6) is 0.662. The molecule has 0 unspecified atom stereocenters. The highest BCUT2D eigenvalue weighted by atomic mass is 16.5. The molecule has 0 aliphatic rings.